The smallest absolute Gasteiger partial charge is 0.332 e. The minimum absolute atomic E-state index is 0.0796. The molecule has 34 heavy (non-hydrogen) atoms. The maximum absolute atomic E-state index is 13.7. The van der Waals surface area contributed by atoms with Gasteiger partial charge in [0.25, 0.3) is 0 Å². The molecule has 1 heterocycles. The maximum Gasteiger partial charge on any atom is 0.332 e. The molecule has 2 aliphatic rings. The Morgan fingerprint density at radius 3 is 2.85 bits per heavy atom. The van der Waals surface area contributed by atoms with E-state index in [1.807, 2.05) is 0 Å². The summed E-state index contributed by atoms with van der Waals surface area (Å²) in [4.78, 5) is 11.6. The summed E-state index contributed by atoms with van der Waals surface area (Å²) in [6, 6.07) is 2.87. The van der Waals surface area contributed by atoms with Crippen LogP contribution < -0.4 is 4.74 Å². The Morgan fingerprint density at radius 1 is 1.29 bits per heavy atom. The Bertz CT molecular complexity index is 831. The number of carbonyl (C=O) groups excluding carboxylic acids is 1. The maximum atomic E-state index is 13.7. The summed E-state index contributed by atoms with van der Waals surface area (Å²) in [7, 11) is 0. The molecule has 0 bridgehead atoms. The van der Waals surface area contributed by atoms with Crippen LogP contribution >= 0.6 is 0 Å². The van der Waals surface area contributed by atoms with Crippen LogP contribution in [0.3, 0.4) is 0 Å². The lowest BCUT2D eigenvalue weighted by atomic mass is 9.87. The summed E-state index contributed by atoms with van der Waals surface area (Å²) in [5.74, 6) is -1.98. The van der Waals surface area contributed by atoms with E-state index in [4.69, 9.17) is 18.9 Å². The minimum Gasteiger partial charge on any atom is -0.487 e. The van der Waals surface area contributed by atoms with Crippen LogP contribution in [0.25, 0.3) is 0 Å². The highest BCUT2D eigenvalue weighted by molar-refractivity contribution is 5.70. The monoisotopic (exact) mass is 484 g/mol. The molecule has 1 aliphatic carbocycles. The van der Waals surface area contributed by atoms with Gasteiger partial charge >= 0.3 is 5.97 Å². The Morgan fingerprint density at radius 2 is 2.09 bits per heavy atom. The number of aliphatic hydroxyl groups excluding tert-OH is 2. The number of benzene rings is 1. The lowest BCUT2D eigenvalue weighted by molar-refractivity contribution is -0.153. The van der Waals surface area contributed by atoms with E-state index in [2.05, 4.69) is 0 Å². The standard InChI is InChI=1S/C25H34F2O7/c1-15(2)34-25(30)14-31-11-16-3-6-20-19(22(29)10-23(20)32-12-16)7-5-18(28)13-33-24-9-17(26)4-8-21(24)27/h4-5,7-9,15-16,18-20,22-23,28-29H,3,6,10-14H2,1-2H3/b7-5+/t16-,18-,19-,20-,22-,23+/m1/s1. The molecular formula is C25H34F2O7. The van der Waals surface area contributed by atoms with E-state index >= 15 is 0 Å². The van der Waals surface area contributed by atoms with Crippen LogP contribution in [0.4, 0.5) is 8.78 Å². The van der Waals surface area contributed by atoms with Crippen molar-refractivity contribution < 1.29 is 42.7 Å². The molecular weight excluding hydrogens is 450 g/mol. The quantitative estimate of drug-likeness (QED) is 0.389. The first-order valence-electron chi connectivity index (χ1n) is 11.7. The second kappa shape index (κ2) is 12.6. The second-order valence-corrected chi connectivity index (χ2v) is 9.25. The number of halogens is 2. The van der Waals surface area contributed by atoms with Crippen molar-refractivity contribution in [1.82, 2.24) is 0 Å². The van der Waals surface area contributed by atoms with Crippen molar-refractivity contribution in [2.24, 2.45) is 17.8 Å². The first-order valence-corrected chi connectivity index (χ1v) is 11.7. The molecule has 9 heteroatoms. The number of aliphatic hydroxyl groups is 2. The molecule has 1 aromatic rings. The van der Waals surface area contributed by atoms with E-state index < -0.39 is 29.8 Å². The second-order valence-electron chi connectivity index (χ2n) is 9.25. The topological polar surface area (TPSA) is 94.5 Å². The lowest BCUT2D eigenvalue weighted by Crippen LogP contribution is -2.22. The molecule has 1 aromatic carbocycles. The number of hydrogen-bond acceptors (Lipinski definition) is 7. The van der Waals surface area contributed by atoms with Gasteiger partial charge in [0.2, 0.25) is 0 Å². The van der Waals surface area contributed by atoms with Gasteiger partial charge in [-0.1, -0.05) is 12.2 Å². The van der Waals surface area contributed by atoms with Crippen molar-refractivity contribution in [1.29, 1.82) is 0 Å². The Hall–Kier alpha value is -2.07. The van der Waals surface area contributed by atoms with Crippen molar-refractivity contribution in [2.75, 3.05) is 26.4 Å². The van der Waals surface area contributed by atoms with Crippen LogP contribution in [0.2, 0.25) is 0 Å². The Balaban J connectivity index is 1.47. The van der Waals surface area contributed by atoms with Crippen LogP contribution in [-0.2, 0) is 19.0 Å². The van der Waals surface area contributed by atoms with Crippen LogP contribution in [0, 0.1) is 29.4 Å². The van der Waals surface area contributed by atoms with Gasteiger partial charge in [0, 0.05) is 24.3 Å². The normalized spacial score (nSPS) is 28.0. The van der Waals surface area contributed by atoms with Gasteiger partial charge in [0.05, 0.1) is 31.5 Å². The van der Waals surface area contributed by atoms with Gasteiger partial charge in [-0.25, -0.2) is 13.6 Å². The third kappa shape index (κ3) is 7.73. The Labute approximate surface area is 198 Å². The third-order valence-electron chi connectivity index (χ3n) is 6.14. The van der Waals surface area contributed by atoms with E-state index in [0.717, 1.165) is 31.0 Å². The molecule has 7 nitrogen and oxygen atoms in total. The number of esters is 1. The van der Waals surface area contributed by atoms with E-state index in [0.29, 0.717) is 19.6 Å². The fraction of sp³-hybridized carbons (Fsp3) is 0.640. The molecule has 0 spiro atoms. The highest BCUT2D eigenvalue weighted by Crippen LogP contribution is 2.41. The molecule has 6 atom stereocenters. The number of fused-ring (bicyclic) bond motifs is 1. The Kier molecular flexibility index (Phi) is 9.82. The number of carbonyl (C=O) groups is 1. The zero-order valence-electron chi connectivity index (χ0n) is 19.6. The molecule has 0 aromatic heterocycles. The number of hydrogen-bond donors (Lipinski definition) is 2. The van der Waals surface area contributed by atoms with Crippen molar-refractivity contribution >= 4 is 5.97 Å². The zero-order valence-corrected chi connectivity index (χ0v) is 19.6. The summed E-state index contributed by atoms with van der Waals surface area (Å²) in [5.41, 5.74) is 0. The van der Waals surface area contributed by atoms with Crippen LogP contribution in [0.5, 0.6) is 5.75 Å². The predicted molar refractivity (Wildman–Crippen MR) is 119 cm³/mol. The van der Waals surface area contributed by atoms with Gasteiger partial charge in [-0.3, -0.25) is 0 Å². The average Bonchev–Trinajstić information content (AvgIpc) is 2.94. The predicted octanol–water partition coefficient (Wildman–Crippen LogP) is 3.02. The molecule has 1 saturated carbocycles. The van der Waals surface area contributed by atoms with Gasteiger partial charge in [-0.15, -0.1) is 0 Å². The van der Waals surface area contributed by atoms with Crippen molar-refractivity contribution in [2.45, 2.75) is 57.5 Å². The van der Waals surface area contributed by atoms with Gasteiger partial charge < -0.3 is 29.2 Å². The molecule has 1 saturated heterocycles. The first kappa shape index (κ1) is 26.5. The molecule has 0 radical (unpaired) electrons. The largest absolute Gasteiger partial charge is 0.487 e. The van der Waals surface area contributed by atoms with Crippen molar-refractivity contribution in [3.8, 4) is 5.75 Å². The fourth-order valence-corrected chi connectivity index (χ4v) is 4.53. The molecule has 190 valence electrons. The average molecular weight is 485 g/mol. The van der Waals surface area contributed by atoms with Gasteiger partial charge in [-0.05, 0) is 44.7 Å². The molecule has 3 rings (SSSR count). The summed E-state index contributed by atoms with van der Waals surface area (Å²) in [5, 5.41) is 20.7. The molecule has 2 fully saturated rings. The molecule has 1 aliphatic heterocycles. The third-order valence-corrected chi connectivity index (χ3v) is 6.14. The summed E-state index contributed by atoms with van der Waals surface area (Å²) in [6.07, 6.45) is 3.47. The zero-order chi connectivity index (χ0) is 24.7. The SMILES string of the molecule is CC(C)OC(=O)COC[C@H]1CC[C@@H]2[C@@H](/C=C/[C@@H](O)COc3cc(F)ccc3F)[C@H](O)C[C@@H]2OC1. The van der Waals surface area contributed by atoms with E-state index in [1.165, 1.54) is 6.08 Å². The van der Waals surface area contributed by atoms with Crippen LogP contribution in [-0.4, -0.2) is 67.0 Å². The summed E-state index contributed by atoms with van der Waals surface area (Å²) in [6.45, 7) is 4.10. The highest BCUT2D eigenvalue weighted by atomic mass is 19.1. The van der Waals surface area contributed by atoms with E-state index in [1.54, 1.807) is 19.9 Å². The van der Waals surface area contributed by atoms with E-state index in [9.17, 15) is 23.8 Å². The minimum atomic E-state index is -1.05. The molecule has 2 N–H and O–H groups in total. The molecule has 0 amide bonds. The van der Waals surface area contributed by atoms with E-state index in [-0.39, 0.29) is 48.9 Å². The van der Waals surface area contributed by atoms with Crippen molar-refractivity contribution in [3.05, 3.63) is 42.0 Å². The summed E-state index contributed by atoms with van der Waals surface area (Å²) >= 11 is 0. The number of ether oxygens (including phenoxy) is 4. The summed E-state index contributed by atoms with van der Waals surface area (Å²) < 4.78 is 48.7. The fourth-order valence-electron chi connectivity index (χ4n) is 4.53. The van der Waals surface area contributed by atoms with Gasteiger partial charge in [-0.2, -0.15) is 0 Å². The highest BCUT2D eigenvalue weighted by Gasteiger charge is 2.43. The molecule has 0 unspecified atom stereocenters. The van der Waals surface area contributed by atoms with Crippen LogP contribution in [0.15, 0.2) is 30.4 Å². The van der Waals surface area contributed by atoms with Gasteiger partial charge in [0.15, 0.2) is 11.6 Å². The lowest BCUT2D eigenvalue weighted by Gasteiger charge is -2.21. The first-order chi connectivity index (χ1) is 16.2. The van der Waals surface area contributed by atoms with Crippen LogP contribution in [0.1, 0.15) is 33.1 Å². The van der Waals surface area contributed by atoms with Crippen molar-refractivity contribution in [3.63, 3.8) is 0 Å². The van der Waals surface area contributed by atoms with Gasteiger partial charge in [0.1, 0.15) is 25.1 Å². The number of rotatable bonds is 10.